The molecule has 0 radical (unpaired) electrons. The van der Waals surface area contributed by atoms with Crippen molar-refractivity contribution >= 4 is 47.8 Å². The molecule has 0 heterocycles. The topological polar surface area (TPSA) is 40.5 Å². The van der Waals surface area contributed by atoms with E-state index in [0.717, 1.165) is 18.4 Å². The molecule has 0 bridgehead atoms. The summed E-state index contributed by atoms with van der Waals surface area (Å²) in [6.45, 7) is 2.22. The molecule has 5 heteroatoms. The molecule has 0 aliphatic rings. The molecule has 0 fully saturated rings. The molecule has 20 heavy (non-hydrogen) atoms. The van der Waals surface area contributed by atoms with E-state index in [1.54, 1.807) is 0 Å². The fraction of sp³-hybridized carbons (Fsp3) is 0.600. The van der Waals surface area contributed by atoms with E-state index < -0.39 is 0 Å². The molecule has 1 aromatic carbocycles. The van der Waals surface area contributed by atoms with Gasteiger partial charge in [-0.25, -0.2) is 0 Å². The minimum absolute atomic E-state index is 0.0589. The maximum Gasteiger partial charge on any atom is 0.148 e. The highest BCUT2D eigenvalue weighted by Gasteiger charge is 2.18. The lowest BCUT2D eigenvalue weighted by Crippen LogP contribution is -1.92. The second kappa shape index (κ2) is 9.31. The van der Waals surface area contributed by atoms with E-state index in [4.69, 9.17) is 0 Å². The summed E-state index contributed by atoms with van der Waals surface area (Å²) in [5.41, 5.74) is 0.928. The molecular formula is C15H21Br3O2. The van der Waals surface area contributed by atoms with Crippen LogP contribution in [0.15, 0.2) is 13.4 Å². The van der Waals surface area contributed by atoms with E-state index in [2.05, 4.69) is 54.7 Å². The third-order valence-corrected chi connectivity index (χ3v) is 5.85. The summed E-state index contributed by atoms with van der Waals surface area (Å²) < 4.78 is 1.62. The number of phenols is 2. The zero-order chi connectivity index (χ0) is 15.1. The van der Waals surface area contributed by atoms with Gasteiger partial charge in [0.25, 0.3) is 0 Å². The van der Waals surface area contributed by atoms with Crippen LogP contribution in [0.2, 0.25) is 0 Å². The minimum atomic E-state index is 0.0589. The molecule has 2 N–H and O–H groups in total. The zero-order valence-corrected chi connectivity index (χ0v) is 16.4. The van der Waals surface area contributed by atoms with Gasteiger partial charge in [0.1, 0.15) is 16.0 Å². The van der Waals surface area contributed by atoms with Crippen molar-refractivity contribution in [1.82, 2.24) is 0 Å². The number of aromatic hydroxyl groups is 2. The van der Waals surface area contributed by atoms with Crippen LogP contribution in [0.3, 0.4) is 0 Å². The maximum atomic E-state index is 9.92. The summed E-state index contributed by atoms with van der Waals surface area (Å²) in [6, 6.07) is 0. The third-order valence-electron chi connectivity index (χ3n) is 3.39. The van der Waals surface area contributed by atoms with Crippen LogP contribution in [0.5, 0.6) is 11.5 Å². The fourth-order valence-corrected chi connectivity index (χ4v) is 4.55. The zero-order valence-electron chi connectivity index (χ0n) is 11.7. The standard InChI is InChI=1S/C15H21Br3O2/c1-2-3-4-5-6-7-8-9-10-11(16)14(19)13(18)15(20)12(10)17/h19-20H,2-9H2,1H3. The second-order valence-electron chi connectivity index (χ2n) is 4.99. The number of hydrogen-bond donors (Lipinski definition) is 2. The number of halogens is 3. The summed E-state index contributed by atoms with van der Waals surface area (Å²) in [7, 11) is 0. The van der Waals surface area contributed by atoms with E-state index in [9.17, 15) is 10.2 Å². The van der Waals surface area contributed by atoms with E-state index in [-0.39, 0.29) is 11.5 Å². The highest BCUT2D eigenvalue weighted by atomic mass is 79.9. The Morgan fingerprint density at radius 1 is 0.700 bits per heavy atom. The van der Waals surface area contributed by atoms with Crippen LogP contribution in [0.25, 0.3) is 0 Å². The van der Waals surface area contributed by atoms with Gasteiger partial charge in [0, 0.05) is 0 Å². The van der Waals surface area contributed by atoms with E-state index in [0.29, 0.717) is 13.4 Å². The Labute approximate surface area is 146 Å². The van der Waals surface area contributed by atoms with Crippen LogP contribution in [0.1, 0.15) is 57.4 Å². The molecule has 0 aromatic heterocycles. The highest BCUT2D eigenvalue weighted by Crippen LogP contribution is 2.47. The van der Waals surface area contributed by atoms with Crippen molar-refractivity contribution in [2.24, 2.45) is 0 Å². The van der Waals surface area contributed by atoms with Crippen LogP contribution in [0.4, 0.5) is 0 Å². The van der Waals surface area contributed by atoms with Crippen molar-refractivity contribution in [3.63, 3.8) is 0 Å². The van der Waals surface area contributed by atoms with Gasteiger partial charge in [0.15, 0.2) is 0 Å². The monoisotopic (exact) mass is 470 g/mol. The lowest BCUT2D eigenvalue weighted by Gasteiger charge is -2.13. The average molecular weight is 473 g/mol. The van der Waals surface area contributed by atoms with Crippen molar-refractivity contribution in [2.75, 3.05) is 0 Å². The summed E-state index contributed by atoms with van der Waals surface area (Å²) in [4.78, 5) is 0. The maximum absolute atomic E-state index is 9.92. The lowest BCUT2D eigenvalue weighted by atomic mass is 10.0. The number of unbranched alkanes of at least 4 members (excludes halogenated alkanes) is 6. The predicted octanol–water partition coefficient (Wildman–Crippen LogP) is 6.68. The summed E-state index contributed by atoms with van der Waals surface area (Å²) >= 11 is 9.97. The Hall–Kier alpha value is 0.260. The average Bonchev–Trinajstić information content (AvgIpc) is 2.45. The molecule has 0 spiro atoms. The minimum Gasteiger partial charge on any atom is -0.505 e. The van der Waals surface area contributed by atoms with Crippen molar-refractivity contribution in [2.45, 2.75) is 58.3 Å². The first kappa shape index (κ1) is 18.3. The molecule has 0 aliphatic carbocycles. The van der Waals surface area contributed by atoms with E-state index >= 15 is 0 Å². The summed E-state index contributed by atoms with van der Waals surface area (Å²) in [5.74, 6) is 0.118. The van der Waals surface area contributed by atoms with Crippen molar-refractivity contribution in [3.05, 3.63) is 19.0 Å². The molecule has 0 saturated carbocycles. The van der Waals surface area contributed by atoms with Crippen LogP contribution in [-0.4, -0.2) is 10.2 Å². The van der Waals surface area contributed by atoms with Gasteiger partial charge in [0.2, 0.25) is 0 Å². The fourth-order valence-electron chi connectivity index (χ4n) is 2.17. The van der Waals surface area contributed by atoms with Crippen molar-refractivity contribution < 1.29 is 10.2 Å². The summed E-state index contributed by atoms with van der Waals surface area (Å²) in [6.07, 6.45) is 9.55. The van der Waals surface area contributed by atoms with Gasteiger partial charge in [-0.2, -0.15) is 0 Å². The molecule has 0 amide bonds. The van der Waals surface area contributed by atoms with Gasteiger partial charge in [0.05, 0.1) is 8.95 Å². The molecule has 0 aliphatic heterocycles. The molecule has 2 nitrogen and oxygen atoms in total. The molecule has 0 saturated heterocycles. The van der Waals surface area contributed by atoms with Gasteiger partial charge in [-0.1, -0.05) is 45.4 Å². The Kier molecular flexibility index (Phi) is 8.53. The van der Waals surface area contributed by atoms with Crippen molar-refractivity contribution in [3.8, 4) is 11.5 Å². The van der Waals surface area contributed by atoms with Crippen LogP contribution >= 0.6 is 47.8 Å². The lowest BCUT2D eigenvalue weighted by molar-refractivity contribution is 0.438. The molecule has 0 atom stereocenters. The smallest absolute Gasteiger partial charge is 0.148 e. The Balaban J connectivity index is 2.52. The Bertz CT molecular complexity index is 418. The van der Waals surface area contributed by atoms with Crippen LogP contribution < -0.4 is 0 Å². The predicted molar refractivity (Wildman–Crippen MR) is 94.6 cm³/mol. The molecule has 0 unspecified atom stereocenters. The van der Waals surface area contributed by atoms with Crippen LogP contribution in [-0.2, 0) is 6.42 Å². The summed E-state index contributed by atoms with van der Waals surface area (Å²) in [5, 5.41) is 19.8. The molecular weight excluding hydrogens is 452 g/mol. The number of benzene rings is 1. The second-order valence-corrected chi connectivity index (χ2v) is 7.37. The first-order chi connectivity index (χ1) is 9.50. The van der Waals surface area contributed by atoms with Gasteiger partial charge in [-0.3, -0.25) is 0 Å². The van der Waals surface area contributed by atoms with Gasteiger partial charge in [-0.05, 0) is 66.2 Å². The molecule has 1 aromatic rings. The van der Waals surface area contributed by atoms with Crippen LogP contribution in [0, 0.1) is 0 Å². The largest absolute Gasteiger partial charge is 0.505 e. The highest BCUT2D eigenvalue weighted by molar-refractivity contribution is 9.11. The Morgan fingerprint density at radius 2 is 1.15 bits per heavy atom. The van der Waals surface area contributed by atoms with Gasteiger partial charge < -0.3 is 10.2 Å². The SMILES string of the molecule is CCCCCCCCCc1c(Br)c(O)c(Br)c(O)c1Br. The number of phenolic OH excluding ortho intramolecular Hbond substituents is 2. The van der Waals surface area contributed by atoms with E-state index in [1.165, 1.54) is 38.5 Å². The van der Waals surface area contributed by atoms with E-state index in [1.807, 2.05) is 0 Å². The van der Waals surface area contributed by atoms with Crippen molar-refractivity contribution in [1.29, 1.82) is 0 Å². The Morgan fingerprint density at radius 3 is 1.65 bits per heavy atom. The molecule has 1 rings (SSSR count). The first-order valence-electron chi connectivity index (χ1n) is 7.07. The number of rotatable bonds is 8. The third kappa shape index (κ3) is 4.92. The van der Waals surface area contributed by atoms with Gasteiger partial charge in [-0.15, -0.1) is 0 Å². The number of hydrogen-bond acceptors (Lipinski definition) is 2. The normalized spacial score (nSPS) is 11.0. The molecule has 114 valence electrons. The quantitative estimate of drug-likeness (QED) is 0.414. The first-order valence-corrected chi connectivity index (χ1v) is 9.45. The van der Waals surface area contributed by atoms with Gasteiger partial charge >= 0.3 is 0 Å².